The molecule has 2 saturated heterocycles. The van der Waals surface area contributed by atoms with Crippen LogP contribution in [-0.4, -0.2) is 118 Å². The lowest BCUT2D eigenvalue weighted by Gasteiger charge is -2.30. The van der Waals surface area contributed by atoms with Crippen molar-refractivity contribution in [3.63, 3.8) is 0 Å². The number of benzene rings is 2. The molecule has 268 valence electrons. The van der Waals surface area contributed by atoms with Crippen molar-refractivity contribution >= 4 is 41.4 Å². The van der Waals surface area contributed by atoms with Crippen molar-refractivity contribution in [2.45, 2.75) is 62.7 Å². The highest BCUT2D eigenvalue weighted by molar-refractivity contribution is 5.95. The number of hydrogen-bond acceptors (Lipinski definition) is 9. The van der Waals surface area contributed by atoms with Gasteiger partial charge in [0.15, 0.2) is 0 Å². The molecule has 0 radical (unpaired) electrons. The van der Waals surface area contributed by atoms with Crippen molar-refractivity contribution in [1.29, 1.82) is 0 Å². The lowest BCUT2D eigenvalue weighted by Crippen LogP contribution is -2.56. The Morgan fingerprint density at radius 3 is 2.02 bits per heavy atom. The number of amides is 6. The Morgan fingerprint density at radius 2 is 1.36 bits per heavy atom. The zero-order valence-corrected chi connectivity index (χ0v) is 27.5. The number of aromatic hydroxyl groups is 1. The Balaban J connectivity index is 1.32. The average Bonchev–Trinajstić information content (AvgIpc) is 3.81. The number of nitrogens with one attached hydrogen (secondary N) is 4. The normalized spacial score (nSPS) is 18.1. The van der Waals surface area contributed by atoms with Gasteiger partial charge in [0.05, 0.1) is 19.6 Å². The maximum absolute atomic E-state index is 13.6. The fraction of sp³-hybridized carbons (Fsp3) is 0.441. The number of likely N-dealkylation sites (tertiary alicyclic amines) is 2. The lowest BCUT2D eigenvalue weighted by molar-refractivity contribution is -0.149. The van der Waals surface area contributed by atoms with Crippen LogP contribution in [0.15, 0.2) is 54.6 Å². The molecule has 0 aromatic heterocycles. The van der Waals surface area contributed by atoms with Crippen LogP contribution in [0.25, 0.3) is 0 Å². The Labute approximate surface area is 288 Å². The van der Waals surface area contributed by atoms with Gasteiger partial charge in [-0.15, -0.1) is 0 Å². The summed E-state index contributed by atoms with van der Waals surface area (Å²) in [7, 11) is 0. The van der Waals surface area contributed by atoms with Gasteiger partial charge in [0.25, 0.3) is 0 Å². The summed E-state index contributed by atoms with van der Waals surface area (Å²) in [6, 6.07) is 11.0. The van der Waals surface area contributed by atoms with E-state index in [2.05, 4.69) is 21.3 Å². The van der Waals surface area contributed by atoms with Gasteiger partial charge in [-0.25, -0.2) is 4.79 Å². The van der Waals surface area contributed by atoms with Crippen molar-refractivity contribution in [2.75, 3.05) is 32.7 Å². The highest BCUT2D eigenvalue weighted by Gasteiger charge is 2.40. The van der Waals surface area contributed by atoms with Gasteiger partial charge in [-0.3, -0.25) is 28.8 Å². The Kier molecular flexibility index (Phi) is 13.3. The molecule has 2 aliphatic rings. The molecule has 4 rings (SSSR count). The Bertz CT molecular complexity index is 1550. The largest absolute Gasteiger partial charge is 0.508 e. The number of nitrogens with zero attached hydrogens (tertiary/aromatic N) is 2. The van der Waals surface area contributed by atoms with Crippen LogP contribution in [0.3, 0.4) is 0 Å². The summed E-state index contributed by atoms with van der Waals surface area (Å²) in [5, 5.41) is 29.3. The average molecular weight is 694 g/mol. The first-order chi connectivity index (χ1) is 24.0. The molecule has 2 aromatic rings. The van der Waals surface area contributed by atoms with Gasteiger partial charge in [-0.2, -0.15) is 0 Å². The molecule has 0 saturated carbocycles. The van der Waals surface area contributed by atoms with E-state index in [0.717, 1.165) is 5.56 Å². The number of carbonyl (C=O) groups excluding carboxylic acids is 6. The highest BCUT2D eigenvalue weighted by atomic mass is 16.4. The summed E-state index contributed by atoms with van der Waals surface area (Å²) in [5.41, 5.74) is 6.77. The van der Waals surface area contributed by atoms with E-state index < -0.39 is 78.7 Å². The summed E-state index contributed by atoms with van der Waals surface area (Å²) in [5.74, 6) is -4.63. The Morgan fingerprint density at radius 1 is 0.740 bits per heavy atom. The second-order valence-corrected chi connectivity index (χ2v) is 12.2. The van der Waals surface area contributed by atoms with E-state index in [1.54, 1.807) is 36.4 Å². The highest BCUT2D eigenvalue weighted by Crippen LogP contribution is 2.21. The summed E-state index contributed by atoms with van der Waals surface area (Å²) in [4.78, 5) is 92.0. The minimum Gasteiger partial charge on any atom is -0.508 e. The first kappa shape index (κ1) is 37.3. The smallest absolute Gasteiger partial charge is 0.326 e. The summed E-state index contributed by atoms with van der Waals surface area (Å²) < 4.78 is 0. The van der Waals surface area contributed by atoms with Gasteiger partial charge in [0.1, 0.15) is 29.9 Å². The van der Waals surface area contributed by atoms with E-state index in [9.17, 15) is 43.8 Å². The predicted molar refractivity (Wildman–Crippen MR) is 178 cm³/mol. The van der Waals surface area contributed by atoms with Gasteiger partial charge in [0.2, 0.25) is 35.4 Å². The van der Waals surface area contributed by atoms with Gasteiger partial charge >= 0.3 is 5.97 Å². The maximum atomic E-state index is 13.6. The van der Waals surface area contributed by atoms with E-state index in [1.165, 1.54) is 21.9 Å². The molecule has 16 heteroatoms. The maximum Gasteiger partial charge on any atom is 0.326 e. The van der Waals surface area contributed by atoms with Crippen LogP contribution < -0.4 is 27.0 Å². The molecule has 0 bridgehead atoms. The molecule has 0 aliphatic carbocycles. The molecule has 0 spiro atoms. The number of phenolic OH excluding ortho intramolecular Hbond substituents is 1. The minimum atomic E-state index is -1.11. The number of carbonyl (C=O) groups is 7. The van der Waals surface area contributed by atoms with Crippen molar-refractivity contribution in [3.05, 3.63) is 65.7 Å². The summed E-state index contributed by atoms with van der Waals surface area (Å²) in [6.45, 7) is -0.817. The predicted octanol–water partition coefficient (Wildman–Crippen LogP) is -1.60. The molecular weight excluding hydrogens is 650 g/mol. The van der Waals surface area contributed by atoms with Crippen LogP contribution >= 0.6 is 0 Å². The molecule has 50 heavy (non-hydrogen) atoms. The number of nitrogens with two attached hydrogens (primary N) is 1. The number of hydrogen-bond donors (Lipinski definition) is 7. The number of carboxylic acids is 1. The molecule has 2 fully saturated rings. The fourth-order valence-electron chi connectivity index (χ4n) is 6.10. The van der Waals surface area contributed by atoms with E-state index in [-0.39, 0.29) is 38.2 Å². The van der Waals surface area contributed by atoms with Crippen LogP contribution in [0.5, 0.6) is 5.75 Å². The first-order valence-electron chi connectivity index (χ1n) is 16.5. The molecule has 4 atom stereocenters. The minimum absolute atomic E-state index is 0.0309. The lowest BCUT2D eigenvalue weighted by atomic mass is 10.0. The first-order valence-corrected chi connectivity index (χ1v) is 16.5. The van der Waals surface area contributed by atoms with Gasteiger partial charge < -0.3 is 47.0 Å². The molecule has 8 N–H and O–H groups in total. The van der Waals surface area contributed by atoms with E-state index in [0.29, 0.717) is 31.2 Å². The van der Waals surface area contributed by atoms with Crippen molar-refractivity contribution in [2.24, 2.45) is 5.73 Å². The molecule has 2 aromatic carbocycles. The zero-order valence-electron chi connectivity index (χ0n) is 27.5. The van der Waals surface area contributed by atoms with E-state index in [1.807, 2.05) is 6.07 Å². The second kappa shape index (κ2) is 17.8. The fourth-order valence-corrected chi connectivity index (χ4v) is 6.10. The molecular formula is C34H43N7O9. The van der Waals surface area contributed by atoms with Crippen LogP contribution in [0.2, 0.25) is 0 Å². The number of phenols is 1. The summed E-state index contributed by atoms with van der Waals surface area (Å²) >= 11 is 0. The van der Waals surface area contributed by atoms with Crippen molar-refractivity contribution < 1.29 is 43.8 Å². The SMILES string of the molecule is NCC(=O)N[C@@H](Cc1ccc(O)cc1)C(=O)NCC(=O)NCC(=O)N1CCC[C@H]1C(=O)N[C@@H](Cc1ccccc1)C(=O)N1CCC[C@H]1C(=O)O. The molecule has 0 unspecified atom stereocenters. The van der Waals surface area contributed by atoms with Crippen LogP contribution in [-0.2, 0) is 46.4 Å². The topological polar surface area (TPSA) is 241 Å². The standard InChI is InChI=1S/C34H43N7O9/c35-18-28(43)38-24(16-22-10-12-23(42)13-11-22)31(46)37-19-29(44)36-20-30(45)40-14-4-8-26(40)32(47)39-25(17-21-6-2-1-3-7-21)33(48)41-15-5-9-27(41)34(49)50/h1-3,6-7,10-13,24-27,42H,4-5,8-9,14-20,35H2,(H,36,44)(H,37,46)(H,38,43)(H,39,47)(H,49,50)/t24-,25-,26-,27-/m0/s1. The molecule has 6 amide bonds. The van der Waals surface area contributed by atoms with Crippen LogP contribution in [0, 0.1) is 0 Å². The second-order valence-electron chi connectivity index (χ2n) is 12.2. The van der Waals surface area contributed by atoms with Crippen molar-refractivity contribution in [3.8, 4) is 5.75 Å². The van der Waals surface area contributed by atoms with Crippen LogP contribution in [0.4, 0.5) is 0 Å². The number of carboxylic acid groups (broad SMARTS) is 1. The third-order valence-corrected chi connectivity index (χ3v) is 8.67. The number of aliphatic carboxylic acids is 1. The quantitative estimate of drug-likeness (QED) is 0.113. The molecule has 2 aliphatic heterocycles. The molecule has 2 heterocycles. The zero-order chi connectivity index (χ0) is 36.2. The molecule has 16 nitrogen and oxygen atoms in total. The monoisotopic (exact) mass is 693 g/mol. The van der Waals surface area contributed by atoms with Gasteiger partial charge in [-0.1, -0.05) is 42.5 Å². The van der Waals surface area contributed by atoms with Gasteiger partial charge in [-0.05, 0) is 48.9 Å². The third-order valence-electron chi connectivity index (χ3n) is 8.67. The summed E-state index contributed by atoms with van der Waals surface area (Å²) in [6.07, 6.45) is 1.87. The third kappa shape index (κ3) is 10.2. The van der Waals surface area contributed by atoms with E-state index in [4.69, 9.17) is 5.73 Å². The van der Waals surface area contributed by atoms with E-state index >= 15 is 0 Å². The van der Waals surface area contributed by atoms with Gasteiger partial charge in [0, 0.05) is 25.9 Å². The number of rotatable bonds is 15. The Hall–Kier alpha value is -5.51. The van der Waals surface area contributed by atoms with Crippen LogP contribution in [0.1, 0.15) is 36.8 Å². The van der Waals surface area contributed by atoms with Crippen molar-refractivity contribution in [1.82, 2.24) is 31.1 Å².